The van der Waals surface area contributed by atoms with Crippen molar-refractivity contribution >= 4 is 0 Å². The van der Waals surface area contributed by atoms with Crippen molar-refractivity contribution < 1.29 is 14.0 Å². The van der Waals surface area contributed by atoms with E-state index in [1.807, 2.05) is 24.3 Å². The SMILES string of the molecule is COc1ccc(OCCN2CCCC2c2cc(C(C)C)on2)cc1. The summed E-state index contributed by atoms with van der Waals surface area (Å²) in [5, 5.41) is 4.28. The Morgan fingerprint density at radius 1 is 1.25 bits per heavy atom. The van der Waals surface area contributed by atoms with E-state index in [2.05, 4.69) is 30.0 Å². The van der Waals surface area contributed by atoms with Crippen LogP contribution in [0.2, 0.25) is 0 Å². The zero-order valence-corrected chi connectivity index (χ0v) is 14.7. The lowest BCUT2D eigenvalue weighted by Crippen LogP contribution is -2.28. The topological polar surface area (TPSA) is 47.7 Å². The smallest absolute Gasteiger partial charge is 0.139 e. The molecule has 0 bridgehead atoms. The van der Waals surface area contributed by atoms with Crippen molar-refractivity contribution in [2.75, 3.05) is 26.8 Å². The van der Waals surface area contributed by atoms with Gasteiger partial charge in [-0.15, -0.1) is 0 Å². The molecular formula is C19H26N2O3. The first kappa shape index (κ1) is 16.8. The first-order valence-corrected chi connectivity index (χ1v) is 8.65. The first-order chi connectivity index (χ1) is 11.7. The van der Waals surface area contributed by atoms with Crippen molar-refractivity contribution in [3.05, 3.63) is 41.8 Å². The van der Waals surface area contributed by atoms with Crippen molar-refractivity contribution in [1.82, 2.24) is 10.1 Å². The largest absolute Gasteiger partial charge is 0.497 e. The van der Waals surface area contributed by atoms with E-state index in [0.29, 0.717) is 18.6 Å². The molecule has 1 unspecified atom stereocenters. The second-order valence-electron chi connectivity index (χ2n) is 6.53. The van der Waals surface area contributed by atoms with E-state index in [1.54, 1.807) is 7.11 Å². The summed E-state index contributed by atoms with van der Waals surface area (Å²) in [5.41, 5.74) is 1.06. The summed E-state index contributed by atoms with van der Waals surface area (Å²) in [6.07, 6.45) is 2.32. The predicted molar refractivity (Wildman–Crippen MR) is 92.6 cm³/mol. The maximum absolute atomic E-state index is 5.85. The van der Waals surface area contributed by atoms with Crippen molar-refractivity contribution in [3.63, 3.8) is 0 Å². The van der Waals surface area contributed by atoms with Crippen LogP contribution in [0.4, 0.5) is 0 Å². The summed E-state index contributed by atoms with van der Waals surface area (Å²) in [4.78, 5) is 2.44. The van der Waals surface area contributed by atoms with Crippen LogP contribution in [0.25, 0.3) is 0 Å². The Morgan fingerprint density at radius 3 is 2.67 bits per heavy atom. The molecule has 0 radical (unpaired) electrons. The van der Waals surface area contributed by atoms with Gasteiger partial charge in [0, 0.05) is 18.5 Å². The van der Waals surface area contributed by atoms with Crippen LogP contribution in [-0.4, -0.2) is 36.9 Å². The van der Waals surface area contributed by atoms with Crippen LogP contribution in [-0.2, 0) is 0 Å². The molecule has 24 heavy (non-hydrogen) atoms. The van der Waals surface area contributed by atoms with E-state index in [4.69, 9.17) is 14.0 Å². The van der Waals surface area contributed by atoms with Gasteiger partial charge in [-0.25, -0.2) is 0 Å². The predicted octanol–water partition coefficient (Wildman–Crippen LogP) is 4.02. The number of nitrogens with zero attached hydrogens (tertiary/aromatic N) is 2. The van der Waals surface area contributed by atoms with Crippen LogP contribution in [0.3, 0.4) is 0 Å². The molecule has 1 aliphatic heterocycles. The Kier molecular flexibility index (Phi) is 5.41. The van der Waals surface area contributed by atoms with Crippen LogP contribution in [0.15, 0.2) is 34.9 Å². The third-order valence-electron chi connectivity index (χ3n) is 4.53. The molecule has 1 fully saturated rings. The average Bonchev–Trinajstić information content (AvgIpc) is 3.24. The van der Waals surface area contributed by atoms with Gasteiger partial charge >= 0.3 is 0 Å². The maximum atomic E-state index is 5.85. The molecule has 1 aromatic carbocycles. The molecule has 2 aromatic rings. The van der Waals surface area contributed by atoms with Crippen LogP contribution in [0, 0.1) is 0 Å². The molecule has 5 heteroatoms. The standard InChI is InChI=1S/C19H26N2O3/c1-14(2)19-13-17(20-24-19)18-5-4-10-21(18)11-12-23-16-8-6-15(22-3)7-9-16/h6-9,13-14,18H,4-5,10-12H2,1-3H3. The molecule has 0 aliphatic carbocycles. The highest BCUT2D eigenvalue weighted by atomic mass is 16.5. The minimum atomic E-state index is 0.348. The minimum absolute atomic E-state index is 0.348. The van der Waals surface area contributed by atoms with Gasteiger partial charge in [0.2, 0.25) is 0 Å². The number of likely N-dealkylation sites (tertiary alicyclic amines) is 1. The van der Waals surface area contributed by atoms with Gasteiger partial charge in [-0.05, 0) is 43.7 Å². The highest BCUT2D eigenvalue weighted by molar-refractivity contribution is 5.31. The number of rotatable bonds is 7. The fraction of sp³-hybridized carbons (Fsp3) is 0.526. The number of aromatic nitrogens is 1. The second-order valence-corrected chi connectivity index (χ2v) is 6.53. The van der Waals surface area contributed by atoms with Gasteiger partial charge in [-0.3, -0.25) is 4.90 Å². The van der Waals surface area contributed by atoms with E-state index >= 15 is 0 Å². The van der Waals surface area contributed by atoms with Gasteiger partial charge in [0.15, 0.2) is 0 Å². The van der Waals surface area contributed by atoms with Crippen molar-refractivity contribution in [3.8, 4) is 11.5 Å². The Balaban J connectivity index is 1.53. The molecule has 1 aromatic heterocycles. The molecule has 0 amide bonds. The number of methoxy groups -OCH3 is 1. The average molecular weight is 330 g/mol. The van der Waals surface area contributed by atoms with Crippen LogP contribution < -0.4 is 9.47 Å². The van der Waals surface area contributed by atoms with Gasteiger partial charge in [0.25, 0.3) is 0 Å². The van der Waals surface area contributed by atoms with Crippen molar-refractivity contribution in [1.29, 1.82) is 0 Å². The lowest BCUT2D eigenvalue weighted by Gasteiger charge is -2.22. The Morgan fingerprint density at radius 2 is 2.00 bits per heavy atom. The summed E-state index contributed by atoms with van der Waals surface area (Å²) < 4.78 is 16.5. The molecule has 1 aliphatic rings. The molecule has 2 heterocycles. The summed E-state index contributed by atoms with van der Waals surface area (Å²) in [7, 11) is 1.66. The molecule has 5 nitrogen and oxygen atoms in total. The normalized spacial score (nSPS) is 18.2. The molecule has 0 spiro atoms. The zero-order valence-electron chi connectivity index (χ0n) is 14.7. The molecular weight excluding hydrogens is 304 g/mol. The minimum Gasteiger partial charge on any atom is -0.497 e. The highest BCUT2D eigenvalue weighted by Gasteiger charge is 2.28. The highest BCUT2D eigenvalue weighted by Crippen LogP contribution is 2.32. The fourth-order valence-corrected chi connectivity index (χ4v) is 3.11. The third-order valence-corrected chi connectivity index (χ3v) is 4.53. The van der Waals surface area contributed by atoms with Crippen LogP contribution in [0.5, 0.6) is 11.5 Å². The van der Waals surface area contributed by atoms with E-state index in [1.165, 1.54) is 6.42 Å². The maximum Gasteiger partial charge on any atom is 0.139 e. The van der Waals surface area contributed by atoms with Crippen LogP contribution in [0.1, 0.15) is 50.1 Å². The van der Waals surface area contributed by atoms with Gasteiger partial charge in [-0.1, -0.05) is 19.0 Å². The molecule has 130 valence electrons. The Bertz CT molecular complexity index is 636. The van der Waals surface area contributed by atoms with Gasteiger partial charge < -0.3 is 14.0 Å². The lowest BCUT2D eigenvalue weighted by atomic mass is 10.1. The molecule has 3 rings (SSSR count). The molecule has 0 N–H and O–H groups in total. The van der Waals surface area contributed by atoms with Crippen molar-refractivity contribution in [2.24, 2.45) is 0 Å². The molecule has 1 atom stereocenters. The Hall–Kier alpha value is -2.01. The first-order valence-electron chi connectivity index (χ1n) is 8.65. The summed E-state index contributed by atoms with van der Waals surface area (Å²) in [6, 6.07) is 10.2. The number of ether oxygens (including phenoxy) is 2. The summed E-state index contributed by atoms with van der Waals surface area (Å²) in [6.45, 7) is 6.89. The molecule has 1 saturated heterocycles. The Labute approximate surface area is 143 Å². The quantitative estimate of drug-likeness (QED) is 0.767. The van der Waals surface area contributed by atoms with Gasteiger partial charge in [0.05, 0.1) is 13.2 Å². The van der Waals surface area contributed by atoms with Crippen molar-refractivity contribution in [2.45, 2.75) is 38.6 Å². The van der Waals surface area contributed by atoms with Gasteiger partial charge in [0.1, 0.15) is 29.6 Å². The molecule has 0 saturated carbocycles. The lowest BCUT2D eigenvalue weighted by molar-refractivity contribution is 0.192. The van der Waals surface area contributed by atoms with E-state index in [0.717, 1.165) is 42.5 Å². The zero-order chi connectivity index (χ0) is 16.9. The monoisotopic (exact) mass is 330 g/mol. The number of benzene rings is 1. The summed E-state index contributed by atoms with van der Waals surface area (Å²) >= 11 is 0. The fourth-order valence-electron chi connectivity index (χ4n) is 3.11. The van der Waals surface area contributed by atoms with Gasteiger partial charge in [-0.2, -0.15) is 0 Å². The van der Waals surface area contributed by atoms with E-state index in [9.17, 15) is 0 Å². The van der Waals surface area contributed by atoms with E-state index in [-0.39, 0.29) is 0 Å². The second kappa shape index (κ2) is 7.71. The van der Waals surface area contributed by atoms with Crippen LogP contribution >= 0.6 is 0 Å². The van der Waals surface area contributed by atoms with E-state index < -0.39 is 0 Å². The number of hydrogen-bond donors (Lipinski definition) is 0. The number of hydrogen-bond acceptors (Lipinski definition) is 5. The third kappa shape index (κ3) is 3.90. The summed E-state index contributed by atoms with van der Waals surface area (Å²) in [5.74, 6) is 3.05.